The zero-order chi connectivity index (χ0) is 14.9. The van der Waals surface area contributed by atoms with Gasteiger partial charge in [0.15, 0.2) is 0 Å². The minimum absolute atomic E-state index is 0.238. The summed E-state index contributed by atoms with van der Waals surface area (Å²) in [5.74, 6) is 0. The molecule has 1 aliphatic heterocycles. The van der Waals surface area contributed by atoms with Gasteiger partial charge in [-0.25, -0.2) is 13.1 Å². The molecule has 2 N–H and O–H groups in total. The number of benzene rings is 1. The van der Waals surface area contributed by atoms with Crippen LogP contribution in [0.1, 0.15) is 18.1 Å². The maximum absolute atomic E-state index is 12.3. The van der Waals surface area contributed by atoms with E-state index in [0.29, 0.717) is 10.9 Å². The Balaban J connectivity index is 1.78. The summed E-state index contributed by atoms with van der Waals surface area (Å²) in [5, 5.41) is 3.31. The molecule has 0 bridgehead atoms. The molecule has 0 fully saturated rings. The normalized spacial score (nSPS) is 17.3. The summed E-state index contributed by atoms with van der Waals surface area (Å²) in [4.78, 5) is 4.28. The van der Waals surface area contributed by atoms with E-state index in [2.05, 4.69) is 21.9 Å². The highest BCUT2D eigenvalue weighted by Crippen LogP contribution is 2.28. The summed E-state index contributed by atoms with van der Waals surface area (Å²) in [7, 11) is -3.50. The van der Waals surface area contributed by atoms with Crippen molar-refractivity contribution in [1.82, 2.24) is 9.71 Å². The molecule has 3 rings (SSSR count). The van der Waals surface area contributed by atoms with Crippen molar-refractivity contribution in [3.05, 3.63) is 53.9 Å². The fourth-order valence-electron chi connectivity index (χ4n) is 2.46. The third kappa shape index (κ3) is 3.06. The van der Waals surface area contributed by atoms with Gasteiger partial charge in [-0.2, -0.15) is 0 Å². The maximum Gasteiger partial charge on any atom is 0.240 e. The molecule has 110 valence electrons. The van der Waals surface area contributed by atoms with E-state index in [-0.39, 0.29) is 6.54 Å². The highest BCUT2D eigenvalue weighted by molar-refractivity contribution is 7.89. The highest BCUT2D eigenvalue weighted by Gasteiger charge is 2.20. The topological polar surface area (TPSA) is 71.1 Å². The molecule has 0 amide bonds. The molecule has 1 aromatic carbocycles. The molecular weight excluding hydrogens is 286 g/mol. The third-order valence-corrected chi connectivity index (χ3v) is 4.90. The minimum atomic E-state index is -3.50. The molecule has 1 atom stereocenters. The van der Waals surface area contributed by atoms with Gasteiger partial charge in [0.1, 0.15) is 0 Å². The second-order valence-electron chi connectivity index (χ2n) is 5.25. The van der Waals surface area contributed by atoms with Crippen LogP contribution in [0.15, 0.2) is 47.6 Å². The Morgan fingerprint density at radius 2 is 2.24 bits per heavy atom. The van der Waals surface area contributed by atoms with Crippen LogP contribution in [0, 0.1) is 0 Å². The number of nitrogens with one attached hydrogen (secondary N) is 2. The van der Waals surface area contributed by atoms with E-state index in [9.17, 15) is 8.42 Å². The van der Waals surface area contributed by atoms with Gasteiger partial charge in [0.2, 0.25) is 10.0 Å². The van der Waals surface area contributed by atoms with Gasteiger partial charge in [-0.15, -0.1) is 0 Å². The molecule has 6 heteroatoms. The summed E-state index contributed by atoms with van der Waals surface area (Å²) in [6, 6.07) is 9.18. The van der Waals surface area contributed by atoms with Crippen LogP contribution in [0.4, 0.5) is 5.69 Å². The molecule has 0 unspecified atom stereocenters. The first-order valence-corrected chi connectivity index (χ1v) is 8.31. The van der Waals surface area contributed by atoms with Crippen LogP contribution >= 0.6 is 0 Å². The number of hydrogen-bond donors (Lipinski definition) is 2. The maximum atomic E-state index is 12.3. The fourth-order valence-corrected chi connectivity index (χ4v) is 3.53. The Hall–Kier alpha value is -1.92. The van der Waals surface area contributed by atoms with Crippen molar-refractivity contribution in [3.63, 3.8) is 0 Å². The molecule has 0 radical (unpaired) electrons. The Labute approximate surface area is 124 Å². The van der Waals surface area contributed by atoms with Gasteiger partial charge in [-0.3, -0.25) is 4.98 Å². The SMILES string of the molecule is C[C@H]1Cc2cc(S(=O)(=O)NCc3cccnc3)ccc2N1. The molecular formula is C15H17N3O2S. The molecule has 2 heterocycles. The second kappa shape index (κ2) is 5.46. The van der Waals surface area contributed by atoms with Crippen molar-refractivity contribution >= 4 is 15.7 Å². The average molecular weight is 303 g/mol. The fraction of sp³-hybridized carbons (Fsp3) is 0.267. The number of hydrogen-bond acceptors (Lipinski definition) is 4. The molecule has 0 saturated heterocycles. The smallest absolute Gasteiger partial charge is 0.240 e. The number of pyridine rings is 1. The lowest BCUT2D eigenvalue weighted by Crippen LogP contribution is -2.23. The van der Waals surface area contributed by atoms with Crippen molar-refractivity contribution in [1.29, 1.82) is 0 Å². The summed E-state index contributed by atoms with van der Waals surface area (Å²) in [6.07, 6.45) is 4.16. The van der Waals surface area contributed by atoms with Crippen LogP contribution in [0.5, 0.6) is 0 Å². The number of sulfonamides is 1. The van der Waals surface area contributed by atoms with Crippen LogP contribution in [0.25, 0.3) is 0 Å². The zero-order valence-electron chi connectivity index (χ0n) is 11.7. The number of nitrogens with zero attached hydrogens (tertiary/aromatic N) is 1. The van der Waals surface area contributed by atoms with E-state index in [1.165, 1.54) is 0 Å². The molecule has 0 spiro atoms. The molecule has 1 aromatic heterocycles. The van der Waals surface area contributed by atoms with Crippen molar-refractivity contribution in [2.24, 2.45) is 0 Å². The van der Waals surface area contributed by atoms with E-state index in [1.807, 2.05) is 12.1 Å². The predicted molar refractivity (Wildman–Crippen MR) is 81.5 cm³/mol. The quantitative estimate of drug-likeness (QED) is 0.905. The van der Waals surface area contributed by atoms with Gasteiger partial charge < -0.3 is 5.32 Å². The van der Waals surface area contributed by atoms with E-state index < -0.39 is 10.0 Å². The molecule has 0 saturated carbocycles. The Morgan fingerprint density at radius 3 is 3.00 bits per heavy atom. The second-order valence-corrected chi connectivity index (χ2v) is 7.02. The highest BCUT2D eigenvalue weighted by atomic mass is 32.2. The van der Waals surface area contributed by atoms with Crippen LogP contribution < -0.4 is 10.0 Å². The van der Waals surface area contributed by atoms with Crippen LogP contribution in [-0.4, -0.2) is 19.4 Å². The van der Waals surface area contributed by atoms with Crippen LogP contribution in [0.2, 0.25) is 0 Å². The summed E-state index contributed by atoms with van der Waals surface area (Å²) < 4.78 is 27.3. The van der Waals surface area contributed by atoms with E-state index >= 15 is 0 Å². The monoisotopic (exact) mass is 303 g/mol. The first-order valence-electron chi connectivity index (χ1n) is 6.82. The summed E-state index contributed by atoms with van der Waals surface area (Å²) >= 11 is 0. The number of fused-ring (bicyclic) bond motifs is 1. The zero-order valence-corrected chi connectivity index (χ0v) is 12.5. The van der Waals surface area contributed by atoms with Crippen LogP contribution in [0.3, 0.4) is 0 Å². The predicted octanol–water partition coefficient (Wildman–Crippen LogP) is 1.92. The molecule has 2 aromatic rings. The standard InChI is InChI=1S/C15H17N3O2S/c1-11-7-13-8-14(4-5-15(13)18-11)21(19,20)17-10-12-3-2-6-16-9-12/h2-6,8-9,11,17-18H,7,10H2,1H3/t11-/m0/s1. The van der Waals surface area contributed by atoms with Gasteiger partial charge >= 0.3 is 0 Å². The van der Waals surface area contributed by atoms with E-state index in [0.717, 1.165) is 23.2 Å². The van der Waals surface area contributed by atoms with E-state index in [4.69, 9.17) is 0 Å². The third-order valence-electron chi connectivity index (χ3n) is 3.50. The number of aromatic nitrogens is 1. The first kappa shape index (κ1) is 14.0. The van der Waals surface area contributed by atoms with Gasteiger partial charge in [-0.05, 0) is 48.7 Å². The lowest BCUT2D eigenvalue weighted by molar-refractivity contribution is 0.581. The first-order chi connectivity index (χ1) is 10.0. The number of rotatable bonds is 4. The van der Waals surface area contributed by atoms with Crippen molar-refractivity contribution < 1.29 is 8.42 Å². The Bertz CT molecular complexity index is 745. The summed E-state index contributed by atoms with van der Waals surface area (Å²) in [6.45, 7) is 2.32. The molecule has 5 nitrogen and oxygen atoms in total. The largest absolute Gasteiger partial charge is 0.382 e. The van der Waals surface area contributed by atoms with Gasteiger partial charge in [-0.1, -0.05) is 6.07 Å². The molecule has 0 aliphatic carbocycles. The molecule has 1 aliphatic rings. The van der Waals surface area contributed by atoms with E-state index in [1.54, 1.807) is 30.6 Å². The lowest BCUT2D eigenvalue weighted by Gasteiger charge is -2.08. The van der Waals surface area contributed by atoms with Gasteiger partial charge in [0.05, 0.1) is 4.90 Å². The average Bonchev–Trinajstić information content (AvgIpc) is 2.85. The van der Waals surface area contributed by atoms with Gasteiger partial charge in [0.25, 0.3) is 0 Å². The van der Waals surface area contributed by atoms with Crippen molar-refractivity contribution in [2.75, 3.05) is 5.32 Å². The summed E-state index contributed by atoms with van der Waals surface area (Å²) in [5.41, 5.74) is 2.90. The minimum Gasteiger partial charge on any atom is -0.382 e. The van der Waals surface area contributed by atoms with Crippen LogP contribution in [-0.2, 0) is 23.0 Å². The number of anilines is 1. The Kier molecular flexibility index (Phi) is 3.65. The Morgan fingerprint density at radius 1 is 1.38 bits per heavy atom. The van der Waals surface area contributed by atoms with Crippen molar-refractivity contribution in [3.8, 4) is 0 Å². The van der Waals surface area contributed by atoms with Crippen molar-refractivity contribution in [2.45, 2.75) is 30.8 Å². The molecule has 21 heavy (non-hydrogen) atoms. The lowest BCUT2D eigenvalue weighted by atomic mass is 10.1. The van der Waals surface area contributed by atoms with Gasteiger partial charge in [0, 0.05) is 30.7 Å².